The molecule has 0 fully saturated rings. The van der Waals surface area contributed by atoms with Crippen molar-refractivity contribution in [3.05, 3.63) is 48.0 Å². The van der Waals surface area contributed by atoms with Crippen LogP contribution in [0.4, 0.5) is 5.95 Å². The Morgan fingerprint density at radius 2 is 2.00 bits per heavy atom. The quantitative estimate of drug-likeness (QED) is 0.848. The van der Waals surface area contributed by atoms with Gasteiger partial charge >= 0.3 is 0 Å². The molecule has 0 amide bonds. The van der Waals surface area contributed by atoms with Crippen LogP contribution in [0.25, 0.3) is 0 Å². The van der Waals surface area contributed by atoms with Crippen LogP contribution in [0.5, 0.6) is 0 Å². The smallest absolute Gasteiger partial charge is 0.225 e. The number of aromatic nitrogens is 3. The third-order valence-corrected chi connectivity index (χ3v) is 2.68. The van der Waals surface area contributed by atoms with E-state index in [2.05, 4.69) is 15.0 Å². The van der Waals surface area contributed by atoms with Gasteiger partial charge < -0.3 is 10.6 Å². The molecule has 0 saturated heterocycles. The first-order valence-electron chi connectivity index (χ1n) is 5.92. The van der Waals surface area contributed by atoms with Crippen molar-refractivity contribution >= 4 is 5.95 Å². The van der Waals surface area contributed by atoms with Gasteiger partial charge in [0, 0.05) is 44.6 Å². The van der Waals surface area contributed by atoms with Crippen LogP contribution in [0.15, 0.2) is 36.7 Å². The lowest BCUT2D eigenvalue weighted by molar-refractivity contribution is 0.810. The van der Waals surface area contributed by atoms with Crippen molar-refractivity contribution in [1.29, 1.82) is 0 Å². The van der Waals surface area contributed by atoms with Gasteiger partial charge in [-0.25, -0.2) is 9.97 Å². The number of rotatable bonds is 5. The summed E-state index contributed by atoms with van der Waals surface area (Å²) in [6.07, 6.45) is 4.41. The molecule has 0 aromatic carbocycles. The monoisotopic (exact) mass is 243 g/mol. The van der Waals surface area contributed by atoms with Gasteiger partial charge in [-0.3, -0.25) is 4.98 Å². The van der Waals surface area contributed by atoms with Crippen LogP contribution in [0.2, 0.25) is 0 Å². The first-order valence-corrected chi connectivity index (χ1v) is 5.92. The van der Waals surface area contributed by atoms with Gasteiger partial charge in [0.05, 0.1) is 5.69 Å². The Labute approximate surface area is 107 Å². The van der Waals surface area contributed by atoms with Gasteiger partial charge in [0.25, 0.3) is 0 Å². The highest BCUT2D eigenvalue weighted by Crippen LogP contribution is 2.06. The zero-order chi connectivity index (χ0) is 12.8. The number of hydrogen-bond acceptors (Lipinski definition) is 5. The van der Waals surface area contributed by atoms with Crippen LogP contribution in [0, 0.1) is 0 Å². The fraction of sp³-hybridized carbons (Fsp3) is 0.308. The summed E-state index contributed by atoms with van der Waals surface area (Å²) in [4.78, 5) is 14.9. The number of likely N-dealkylation sites (N-methyl/N-ethyl adjacent to an activating group) is 1. The summed E-state index contributed by atoms with van der Waals surface area (Å²) in [7, 11) is 1.97. The Kier molecular flexibility index (Phi) is 4.20. The summed E-state index contributed by atoms with van der Waals surface area (Å²) in [5.74, 6) is 0.703. The topological polar surface area (TPSA) is 67.9 Å². The third-order valence-electron chi connectivity index (χ3n) is 2.68. The molecule has 2 aromatic rings. The predicted octanol–water partition coefficient (Wildman–Crippen LogP) is 1.01. The van der Waals surface area contributed by atoms with Crippen molar-refractivity contribution in [2.45, 2.75) is 13.0 Å². The molecular weight excluding hydrogens is 226 g/mol. The molecule has 0 atom stereocenters. The second kappa shape index (κ2) is 6.07. The van der Waals surface area contributed by atoms with Gasteiger partial charge in [-0.1, -0.05) is 6.07 Å². The van der Waals surface area contributed by atoms with Crippen molar-refractivity contribution in [2.24, 2.45) is 5.73 Å². The number of nitrogens with two attached hydrogens (primary N) is 1. The molecule has 0 unspecified atom stereocenters. The maximum absolute atomic E-state index is 5.57. The second-order valence-corrected chi connectivity index (χ2v) is 4.04. The van der Waals surface area contributed by atoms with Gasteiger partial charge in [0.1, 0.15) is 0 Å². The van der Waals surface area contributed by atoms with Crippen LogP contribution in [-0.2, 0) is 13.0 Å². The first-order chi connectivity index (χ1) is 8.79. The second-order valence-electron chi connectivity index (χ2n) is 4.04. The molecule has 94 valence electrons. The summed E-state index contributed by atoms with van der Waals surface area (Å²) in [6.45, 7) is 1.26. The minimum atomic E-state index is 0.434. The summed E-state index contributed by atoms with van der Waals surface area (Å²) in [6, 6.07) is 7.76. The highest BCUT2D eigenvalue weighted by molar-refractivity contribution is 5.29. The normalized spacial score (nSPS) is 10.3. The van der Waals surface area contributed by atoms with Gasteiger partial charge in [-0.05, 0) is 18.2 Å². The molecule has 18 heavy (non-hydrogen) atoms. The minimum absolute atomic E-state index is 0.434. The highest BCUT2D eigenvalue weighted by atomic mass is 15.2. The predicted molar refractivity (Wildman–Crippen MR) is 71.1 cm³/mol. The molecule has 0 saturated carbocycles. The Bertz CT molecular complexity index is 486. The zero-order valence-corrected chi connectivity index (χ0v) is 10.5. The SMILES string of the molecule is CN(CCc1ccccn1)c1nccc(CN)n1. The molecule has 2 rings (SSSR count). The third kappa shape index (κ3) is 3.24. The molecule has 0 aliphatic carbocycles. The standard InChI is InChI=1S/C13H17N5/c1-18(9-6-11-4-2-3-7-15-11)13-16-8-5-12(10-14)17-13/h2-5,7-8H,6,9-10,14H2,1H3. The van der Waals surface area contributed by atoms with Gasteiger partial charge in [0.15, 0.2) is 0 Å². The van der Waals surface area contributed by atoms with Gasteiger partial charge in [0.2, 0.25) is 5.95 Å². The van der Waals surface area contributed by atoms with E-state index < -0.39 is 0 Å². The fourth-order valence-electron chi connectivity index (χ4n) is 1.61. The zero-order valence-electron chi connectivity index (χ0n) is 10.5. The van der Waals surface area contributed by atoms with Crippen molar-refractivity contribution in [2.75, 3.05) is 18.5 Å². The Hall–Kier alpha value is -2.01. The van der Waals surface area contributed by atoms with Crippen molar-refractivity contribution in [3.63, 3.8) is 0 Å². The number of pyridine rings is 1. The van der Waals surface area contributed by atoms with Crippen LogP contribution in [0.3, 0.4) is 0 Å². The first kappa shape index (κ1) is 12.4. The maximum atomic E-state index is 5.57. The lowest BCUT2D eigenvalue weighted by Crippen LogP contribution is -2.23. The summed E-state index contributed by atoms with van der Waals surface area (Å²) in [5, 5.41) is 0. The average Bonchev–Trinajstić information content (AvgIpc) is 2.46. The van der Waals surface area contributed by atoms with E-state index in [1.165, 1.54) is 0 Å². The fourth-order valence-corrected chi connectivity index (χ4v) is 1.61. The Balaban J connectivity index is 1.97. The molecule has 5 nitrogen and oxygen atoms in total. The molecular formula is C13H17N5. The van der Waals surface area contributed by atoms with Crippen molar-refractivity contribution in [1.82, 2.24) is 15.0 Å². The lowest BCUT2D eigenvalue weighted by atomic mass is 10.2. The largest absolute Gasteiger partial charge is 0.343 e. The number of anilines is 1. The molecule has 2 N–H and O–H groups in total. The molecule has 2 aromatic heterocycles. The highest BCUT2D eigenvalue weighted by Gasteiger charge is 2.05. The van der Waals surface area contributed by atoms with E-state index in [4.69, 9.17) is 5.73 Å². The van der Waals surface area contributed by atoms with Crippen LogP contribution < -0.4 is 10.6 Å². The Morgan fingerprint density at radius 3 is 2.72 bits per heavy atom. The molecule has 0 bridgehead atoms. The maximum Gasteiger partial charge on any atom is 0.225 e. The van der Waals surface area contributed by atoms with E-state index in [1.54, 1.807) is 12.4 Å². The number of hydrogen-bond donors (Lipinski definition) is 1. The lowest BCUT2D eigenvalue weighted by Gasteiger charge is -2.16. The molecule has 0 aliphatic rings. The molecule has 2 heterocycles. The molecule has 0 aliphatic heterocycles. The minimum Gasteiger partial charge on any atom is -0.343 e. The molecule has 0 spiro atoms. The summed E-state index contributed by atoms with van der Waals surface area (Å²) < 4.78 is 0. The molecule has 0 radical (unpaired) electrons. The van der Waals surface area contributed by atoms with E-state index in [1.807, 2.05) is 36.2 Å². The summed E-state index contributed by atoms with van der Waals surface area (Å²) in [5.41, 5.74) is 7.49. The average molecular weight is 243 g/mol. The van der Waals surface area contributed by atoms with Crippen LogP contribution >= 0.6 is 0 Å². The van der Waals surface area contributed by atoms with Crippen molar-refractivity contribution in [3.8, 4) is 0 Å². The van der Waals surface area contributed by atoms with E-state index in [9.17, 15) is 0 Å². The van der Waals surface area contributed by atoms with Gasteiger partial charge in [-0.15, -0.1) is 0 Å². The van der Waals surface area contributed by atoms with E-state index in [-0.39, 0.29) is 0 Å². The van der Waals surface area contributed by atoms with Crippen LogP contribution in [0.1, 0.15) is 11.4 Å². The van der Waals surface area contributed by atoms with E-state index in [0.717, 1.165) is 24.4 Å². The van der Waals surface area contributed by atoms with Gasteiger partial charge in [-0.2, -0.15) is 0 Å². The summed E-state index contributed by atoms with van der Waals surface area (Å²) >= 11 is 0. The Morgan fingerprint density at radius 1 is 1.11 bits per heavy atom. The van der Waals surface area contributed by atoms with Crippen molar-refractivity contribution < 1.29 is 0 Å². The van der Waals surface area contributed by atoms with Crippen LogP contribution in [-0.4, -0.2) is 28.5 Å². The molecule has 5 heteroatoms. The van der Waals surface area contributed by atoms with E-state index >= 15 is 0 Å². The number of nitrogens with zero attached hydrogens (tertiary/aromatic N) is 4. The van der Waals surface area contributed by atoms with E-state index in [0.29, 0.717) is 12.5 Å².